The summed E-state index contributed by atoms with van der Waals surface area (Å²) in [5.74, 6) is 0.961. The van der Waals surface area contributed by atoms with Gasteiger partial charge in [0.2, 0.25) is 11.8 Å². The van der Waals surface area contributed by atoms with Gasteiger partial charge >= 0.3 is 6.03 Å². The number of ether oxygens (including phenoxy) is 1. The number of carbonyl (C=O) groups excluding carboxylic acids is 2. The maximum Gasteiger partial charge on any atom is 0.326 e. The molecule has 3 heterocycles. The van der Waals surface area contributed by atoms with Crippen molar-refractivity contribution in [2.45, 2.75) is 18.4 Å². The number of benzene rings is 2. The minimum Gasteiger partial charge on any atom is -0.481 e. The molecule has 2 fully saturated rings. The Morgan fingerprint density at radius 3 is 2.08 bits per heavy atom. The van der Waals surface area contributed by atoms with E-state index in [1.165, 1.54) is 4.90 Å². The molecule has 2 aromatic carbocycles. The first-order chi connectivity index (χ1) is 17.6. The smallest absolute Gasteiger partial charge is 0.326 e. The van der Waals surface area contributed by atoms with Gasteiger partial charge in [0.15, 0.2) is 0 Å². The zero-order chi connectivity index (χ0) is 25.0. The van der Waals surface area contributed by atoms with Crippen LogP contribution < -0.4 is 15.0 Å². The van der Waals surface area contributed by atoms with Crippen molar-refractivity contribution >= 4 is 17.9 Å². The lowest BCUT2D eigenvalue weighted by Gasteiger charge is -2.36. The largest absolute Gasteiger partial charge is 0.481 e. The van der Waals surface area contributed by atoms with Gasteiger partial charge in [-0.2, -0.15) is 4.98 Å². The third-order valence-corrected chi connectivity index (χ3v) is 6.77. The monoisotopic (exact) mass is 486 g/mol. The molecule has 0 atom stereocenters. The van der Waals surface area contributed by atoms with Gasteiger partial charge in [-0.3, -0.25) is 9.69 Å². The maximum absolute atomic E-state index is 13.8. The molecule has 0 saturated carbocycles. The van der Waals surface area contributed by atoms with Crippen LogP contribution >= 0.6 is 0 Å². The summed E-state index contributed by atoms with van der Waals surface area (Å²) in [5, 5.41) is 3.07. The average molecular weight is 487 g/mol. The van der Waals surface area contributed by atoms with E-state index in [0.29, 0.717) is 50.8 Å². The molecule has 0 aliphatic carbocycles. The zero-order valence-corrected chi connectivity index (χ0v) is 20.3. The van der Waals surface area contributed by atoms with E-state index in [1.807, 2.05) is 60.7 Å². The first-order valence-electron chi connectivity index (χ1n) is 12.1. The van der Waals surface area contributed by atoms with Crippen molar-refractivity contribution in [3.05, 3.63) is 84.1 Å². The number of methoxy groups -OCH3 is 1. The lowest BCUT2D eigenvalue weighted by molar-refractivity contribution is -0.132. The number of carbonyl (C=O) groups is 2. The molecule has 36 heavy (non-hydrogen) atoms. The van der Waals surface area contributed by atoms with E-state index in [-0.39, 0.29) is 18.6 Å². The molecular formula is C27H30N6O3. The zero-order valence-electron chi connectivity index (χ0n) is 20.3. The molecular weight excluding hydrogens is 456 g/mol. The van der Waals surface area contributed by atoms with Crippen molar-refractivity contribution in [2.75, 3.05) is 44.9 Å². The number of nitrogens with zero attached hydrogens (tertiary/aromatic N) is 5. The summed E-state index contributed by atoms with van der Waals surface area (Å²) in [6.45, 7) is 3.00. The molecule has 2 aliphatic heterocycles. The van der Waals surface area contributed by atoms with Crippen molar-refractivity contribution in [1.29, 1.82) is 0 Å². The lowest BCUT2D eigenvalue weighted by Crippen LogP contribution is -2.53. The van der Waals surface area contributed by atoms with Crippen LogP contribution in [0.3, 0.4) is 0 Å². The van der Waals surface area contributed by atoms with E-state index < -0.39 is 5.54 Å². The Labute approximate surface area is 210 Å². The summed E-state index contributed by atoms with van der Waals surface area (Å²) >= 11 is 0. The van der Waals surface area contributed by atoms with E-state index in [1.54, 1.807) is 19.4 Å². The van der Waals surface area contributed by atoms with Crippen LogP contribution in [0.25, 0.3) is 0 Å². The minimum absolute atomic E-state index is 0.182. The number of anilines is 1. The fourth-order valence-electron chi connectivity index (χ4n) is 4.88. The topological polar surface area (TPSA) is 90.9 Å². The molecule has 3 aromatic rings. The highest BCUT2D eigenvalue weighted by Crippen LogP contribution is 2.28. The van der Waals surface area contributed by atoms with Gasteiger partial charge in [0.05, 0.1) is 13.8 Å². The Kier molecular flexibility index (Phi) is 6.81. The van der Waals surface area contributed by atoms with Crippen LogP contribution in [0.4, 0.5) is 10.7 Å². The van der Waals surface area contributed by atoms with Crippen molar-refractivity contribution in [1.82, 2.24) is 25.1 Å². The minimum atomic E-state index is -1.02. The van der Waals surface area contributed by atoms with Gasteiger partial charge in [0, 0.05) is 51.3 Å². The molecule has 9 nitrogen and oxygen atoms in total. The Hall–Kier alpha value is -3.98. The maximum atomic E-state index is 13.8. The number of amides is 3. The van der Waals surface area contributed by atoms with Crippen LogP contribution in [0.5, 0.6) is 5.88 Å². The van der Waals surface area contributed by atoms with Gasteiger partial charge in [-0.1, -0.05) is 60.7 Å². The summed E-state index contributed by atoms with van der Waals surface area (Å²) in [6.07, 6.45) is 2.55. The second-order valence-electron chi connectivity index (χ2n) is 9.22. The lowest BCUT2D eigenvalue weighted by atomic mass is 9.84. The fourth-order valence-corrected chi connectivity index (χ4v) is 4.88. The molecule has 1 aromatic heterocycles. The molecule has 3 amide bonds. The molecule has 0 unspecified atom stereocenters. The highest BCUT2D eigenvalue weighted by molar-refractivity contribution is 6.07. The molecule has 0 bridgehead atoms. The Balaban J connectivity index is 1.29. The summed E-state index contributed by atoms with van der Waals surface area (Å²) < 4.78 is 5.21. The van der Waals surface area contributed by atoms with E-state index in [4.69, 9.17) is 4.74 Å². The number of imide groups is 1. The van der Waals surface area contributed by atoms with Gasteiger partial charge in [0.25, 0.3) is 5.91 Å². The second kappa shape index (κ2) is 10.3. The molecule has 5 rings (SSSR count). The number of hydrogen-bond donors (Lipinski definition) is 1. The van der Waals surface area contributed by atoms with Crippen molar-refractivity contribution in [3.8, 4) is 5.88 Å². The summed E-state index contributed by atoms with van der Waals surface area (Å²) in [5.41, 5.74) is 1.00. The van der Waals surface area contributed by atoms with Crippen LogP contribution in [0, 0.1) is 0 Å². The molecule has 0 radical (unpaired) electrons. The SMILES string of the molecule is COc1ccnc(N2CCN(CN3C(=O)NC(Cc4ccccc4)(Cc4ccccc4)C3=O)CC2)n1. The van der Waals surface area contributed by atoms with Crippen LogP contribution in [0.15, 0.2) is 72.9 Å². The number of hydrogen-bond acceptors (Lipinski definition) is 7. The molecule has 2 aliphatic rings. The van der Waals surface area contributed by atoms with Gasteiger partial charge in [-0.15, -0.1) is 0 Å². The van der Waals surface area contributed by atoms with E-state index >= 15 is 0 Å². The average Bonchev–Trinajstić information content (AvgIpc) is 3.14. The summed E-state index contributed by atoms with van der Waals surface area (Å²) in [4.78, 5) is 41.3. The van der Waals surface area contributed by atoms with E-state index in [0.717, 1.165) is 11.1 Å². The molecule has 1 N–H and O–H groups in total. The van der Waals surface area contributed by atoms with Crippen molar-refractivity contribution in [3.63, 3.8) is 0 Å². The Bertz CT molecular complexity index is 1160. The van der Waals surface area contributed by atoms with Crippen LogP contribution in [-0.4, -0.2) is 77.2 Å². The number of aromatic nitrogens is 2. The Morgan fingerprint density at radius 2 is 1.50 bits per heavy atom. The summed E-state index contributed by atoms with van der Waals surface area (Å²) in [7, 11) is 1.58. The third kappa shape index (κ3) is 5.01. The molecule has 2 saturated heterocycles. The second-order valence-corrected chi connectivity index (χ2v) is 9.22. The third-order valence-electron chi connectivity index (χ3n) is 6.77. The normalized spacial score (nSPS) is 17.8. The predicted molar refractivity (Wildman–Crippen MR) is 136 cm³/mol. The first kappa shape index (κ1) is 23.7. The summed E-state index contributed by atoms with van der Waals surface area (Å²) in [6, 6.07) is 21.1. The van der Waals surface area contributed by atoms with Crippen LogP contribution in [0.1, 0.15) is 11.1 Å². The van der Waals surface area contributed by atoms with Gasteiger partial charge < -0.3 is 15.0 Å². The van der Waals surface area contributed by atoms with Gasteiger partial charge in [0.1, 0.15) is 5.54 Å². The number of rotatable bonds is 8. The van der Waals surface area contributed by atoms with Crippen molar-refractivity contribution in [2.24, 2.45) is 0 Å². The Morgan fingerprint density at radius 1 is 0.889 bits per heavy atom. The highest BCUT2D eigenvalue weighted by atomic mass is 16.5. The van der Waals surface area contributed by atoms with Crippen molar-refractivity contribution < 1.29 is 14.3 Å². The molecule has 9 heteroatoms. The first-order valence-corrected chi connectivity index (χ1v) is 12.1. The quantitative estimate of drug-likeness (QED) is 0.489. The number of urea groups is 1. The van der Waals surface area contributed by atoms with E-state index in [2.05, 4.69) is 25.1 Å². The van der Waals surface area contributed by atoms with Gasteiger partial charge in [-0.05, 0) is 11.1 Å². The van der Waals surface area contributed by atoms with Crippen LogP contribution in [-0.2, 0) is 17.6 Å². The van der Waals surface area contributed by atoms with Gasteiger partial charge in [-0.25, -0.2) is 14.7 Å². The van der Waals surface area contributed by atoms with E-state index in [9.17, 15) is 9.59 Å². The molecule has 186 valence electrons. The fraction of sp³-hybridized carbons (Fsp3) is 0.333. The highest BCUT2D eigenvalue weighted by Gasteiger charge is 2.51. The number of piperazine rings is 1. The predicted octanol–water partition coefficient (Wildman–Crippen LogP) is 2.34. The number of nitrogens with one attached hydrogen (secondary N) is 1. The standard InChI is InChI=1S/C27H30N6O3/c1-36-23-12-13-28-25(29-23)32-16-14-31(15-17-32)20-33-24(34)27(30-26(33)35,18-21-8-4-2-5-9-21)19-22-10-6-3-7-11-22/h2-13H,14-20H2,1H3,(H,30,35). The van der Waals surface area contributed by atoms with Crippen LogP contribution in [0.2, 0.25) is 0 Å². The molecule has 0 spiro atoms.